The first-order valence-corrected chi connectivity index (χ1v) is 10.9. The van der Waals surface area contributed by atoms with Crippen molar-refractivity contribution in [2.24, 2.45) is 0 Å². The average Bonchev–Trinajstić information content (AvgIpc) is 3.27. The first kappa shape index (κ1) is 22.7. The predicted molar refractivity (Wildman–Crippen MR) is 130 cm³/mol. The van der Waals surface area contributed by atoms with E-state index >= 15 is 0 Å². The van der Waals surface area contributed by atoms with Gasteiger partial charge in [0.2, 0.25) is 5.91 Å². The number of hydrogen-bond donors (Lipinski definition) is 2. The zero-order chi connectivity index (χ0) is 23.9. The van der Waals surface area contributed by atoms with Crippen LogP contribution in [0.25, 0.3) is 16.9 Å². The van der Waals surface area contributed by atoms with Crippen LogP contribution in [0.15, 0.2) is 91.0 Å². The van der Waals surface area contributed by atoms with Crippen molar-refractivity contribution in [2.75, 3.05) is 23.7 Å². The van der Waals surface area contributed by atoms with Gasteiger partial charge >= 0.3 is 6.03 Å². The Hall–Kier alpha value is -4.46. The van der Waals surface area contributed by atoms with Gasteiger partial charge in [0, 0.05) is 23.9 Å². The Morgan fingerprint density at radius 2 is 1.62 bits per heavy atom. The largest absolute Gasteiger partial charge is 0.322 e. The third kappa shape index (κ3) is 5.47. The number of nitrogens with zero attached hydrogens (tertiary/aromatic N) is 3. The molecule has 1 heterocycles. The van der Waals surface area contributed by atoms with Crippen LogP contribution in [0.5, 0.6) is 0 Å². The van der Waals surface area contributed by atoms with Crippen LogP contribution in [-0.2, 0) is 4.79 Å². The van der Waals surface area contributed by atoms with Crippen molar-refractivity contribution in [3.05, 3.63) is 96.8 Å². The molecule has 4 rings (SSSR count). The number of likely N-dealkylation sites (N-methyl/N-ethyl adjacent to an activating group) is 1. The highest BCUT2D eigenvalue weighted by Gasteiger charge is 2.19. The molecule has 7 nitrogen and oxygen atoms in total. The molecule has 34 heavy (non-hydrogen) atoms. The summed E-state index contributed by atoms with van der Waals surface area (Å²) in [5, 5.41) is 10.2. The summed E-state index contributed by atoms with van der Waals surface area (Å²) in [5.41, 5.74) is 2.72. The Kier molecular flexibility index (Phi) is 6.98. The molecule has 2 N–H and O–H groups in total. The van der Waals surface area contributed by atoms with Crippen molar-refractivity contribution < 1.29 is 14.0 Å². The van der Waals surface area contributed by atoms with Gasteiger partial charge in [-0.15, -0.1) is 0 Å². The number of halogens is 1. The molecule has 0 atom stereocenters. The van der Waals surface area contributed by atoms with Gasteiger partial charge in [0.1, 0.15) is 18.2 Å². The summed E-state index contributed by atoms with van der Waals surface area (Å²) < 4.78 is 15.1. The summed E-state index contributed by atoms with van der Waals surface area (Å²) in [6, 6.07) is 26.0. The van der Waals surface area contributed by atoms with Gasteiger partial charge in [-0.05, 0) is 37.3 Å². The molecule has 0 unspecified atom stereocenters. The fraction of sp³-hybridized carbons (Fsp3) is 0.115. The number of anilines is 2. The van der Waals surface area contributed by atoms with Crippen molar-refractivity contribution >= 4 is 23.4 Å². The summed E-state index contributed by atoms with van der Waals surface area (Å²) >= 11 is 0. The summed E-state index contributed by atoms with van der Waals surface area (Å²) in [6.07, 6.45) is 0. The first-order chi connectivity index (χ1) is 16.5. The smallest absolute Gasteiger partial charge is 0.315 e. The van der Waals surface area contributed by atoms with Crippen LogP contribution in [0.4, 0.5) is 20.7 Å². The lowest BCUT2D eigenvalue weighted by Crippen LogP contribution is -2.40. The van der Waals surface area contributed by atoms with Crippen LogP contribution in [0.3, 0.4) is 0 Å². The molecule has 1 aromatic heterocycles. The number of benzene rings is 3. The summed E-state index contributed by atoms with van der Waals surface area (Å²) in [7, 11) is 0. The van der Waals surface area contributed by atoms with E-state index < -0.39 is 11.8 Å². The lowest BCUT2D eigenvalue weighted by Gasteiger charge is -2.21. The monoisotopic (exact) mass is 457 g/mol. The Balaban J connectivity index is 1.52. The van der Waals surface area contributed by atoms with E-state index in [0.717, 1.165) is 11.3 Å². The lowest BCUT2D eigenvalue weighted by atomic mass is 10.1. The van der Waals surface area contributed by atoms with E-state index in [1.165, 1.54) is 23.1 Å². The Bertz CT molecular complexity index is 1270. The SMILES string of the molecule is CCN(CC(=O)Nc1cc(-c2ccccc2)nn1-c1ccccc1)C(=O)Nc1cccc(F)c1. The highest BCUT2D eigenvalue weighted by Crippen LogP contribution is 2.24. The van der Waals surface area contributed by atoms with Crippen LogP contribution in [0.1, 0.15) is 6.92 Å². The molecule has 0 saturated carbocycles. The number of urea groups is 1. The molecule has 0 saturated heterocycles. The molecule has 0 radical (unpaired) electrons. The first-order valence-electron chi connectivity index (χ1n) is 10.9. The van der Waals surface area contributed by atoms with Gasteiger partial charge in [0.05, 0.1) is 11.4 Å². The molecular formula is C26H24FN5O2. The summed E-state index contributed by atoms with van der Waals surface area (Å²) in [6.45, 7) is 1.88. The number of nitrogens with one attached hydrogen (secondary N) is 2. The Labute approximate surface area is 196 Å². The summed E-state index contributed by atoms with van der Waals surface area (Å²) in [4.78, 5) is 26.8. The van der Waals surface area contributed by atoms with Gasteiger partial charge in [-0.25, -0.2) is 13.9 Å². The molecule has 4 aromatic rings. The van der Waals surface area contributed by atoms with Crippen LogP contribution in [0.2, 0.25) is 0 Å². The van der Waals surface area contributed by atoms with E-state index in [1.54, 1.807) is 23.7 Å². The van der Waals surface area contributed by atoms with Crippen LogP contribution in [0, 0.1) is 5.82 Å². The molecule has 0 aliphatic heterocycles. The third-order valence-corrected chi connectivity index (χ3v) is 5.13. The number of para-hydroxylation sites is 1. The van der Waals surface area contributed by atoms with Gasteiger partial charge in [-0.1, -0.05) is 54.6 Å². The van der Waals surface area contributed by atoms with E-state index in [0.29, 0.717) is 23.7 Å². The number of hydrogen-bond acceptors (Lipinski definition) is 3. The van der Waals surface area contributed by atoms with E-state index in [2.05, 4.69) is 15.7 Å². The normalized spacial score (nSPS) is 10.5. The molecule has 0 aliphatic carbocycles. The fourth-order valence-electron chi connectivity index (χ4n) is 3.44. The number of aromatic nitrogens is 2. The zero-order valence-corrected chi connectivity index (χ0v) is 18.6. The van der Waals surface area contributed by atoms with Crippen molar-refractivity contribution in [1.82, 2.24) is 14.7 Å². The zero-order valence-electron chi connectivity index (χ0n) is 18.6. The maximum Gasteiger partial charge on any atom is 0.322 e. The maximum absolute atomic E-state index is 13.4. The number of amides is 3. The lowest BCUT2D eigenvalue weighted by molar-refractivity contribution is -0.116. The minimum atomic E-state index is -0.496. The van der Waals surface area contributed by atoms with Crippen LogP contribution < -0.4 is 10.6 Å². The second kappa shape index (κ2) is 10.4. The molecule has 8 heteroatoms. The van der Waals surface area contributed by atoms with Crippen molar-refractivity contribution in [3.8, 4) is 16.9 Å². The molecular weight excluding hydrogens is 433 g/mol. The molecule has 3 aromatic carbocycles. The van der Waals surface area contributed by atoms with E-state index in [1.807, 2.05) is 60.7 Å². The second-order valence-electron chi connectivity index (χ2n) is 7.53. The number of carbonyl (C=O) groups is 2. The summed E-state index contributed by atoms with van der Waals surface area (Å²) in [5.74, 6) is -0.355. The highest BCUT2D eigenvalue weighted by molar-refractivity contribution is 5.97. The van der Waals surface area contributed by atoms with Crippen LogP contribution in [-0.4, -0.2) is 39.7 Å². The standard InChI is InChI=1S/C26H24FN5O2/c1-2-31(26(34)28-21-13-9-12-20(27)16-21)18-25(33)29-24-17-23(19-10-5-3-6-11-19)30-32(24)22-14-7-4-8-15-22/h3-17H,2,18H2,1H3,(H,28,34)(H,29,33). The van der Waals surface area contributed by atoms with Gasteiger partial charge < -0.3 is 15.5 Å². The van der Waals surface area contributed by atoms with Gasteiger partial charge in [0.15, 0.2) is 0 Å². The predicted octanol–water partition coefficient (Wildman–Crippen LogP) is 5.17. The molecule has 0 aliphatic rings. The molecule has 172 valence electrons. The maximum atomic E-state index is 13.4. The van der Waals surface area contributed by atoms with Crippen molar-refractivity contribution in [2.45, 2.75) is 6.92 Å². The minimum absolute atomic E-state index is 0.182. The van der Waals surface area contributed by atoms with E-state index in [9.17, 15) is 14.0 Å². The quantitative estimate of drug-likeness (QED) is 0.402. The van der Waals surface area contributed by atoms with Crippen LogP contribution >= 0.6 is 0 Å². The van der Waals surface area contributed by atoms with E-state index in [4.69, 9.17) is 0 Å². The molecule has 3 amide bonds. The molecule has 0 bridgehead atoms. The number of carbonyl (C=O) groups excluding carboxylic acids is 2. The topological polar surface area (TPSA) is 79.3 Å². The van der Waals surface area contributed by atoms with Gasteiger partial charge in [-0.2, -0.15) is 5.10 Å². The van der Waals surface area contributed by atoms with Gasteiger partial charge in [-0.3, -0.25) is 4.79 Å². The van der Waals surface area contributed by atoms with Crippen molar-refractivity contribution in [3.63, 3.8) is 0 Å². The highest BCUT2D eigenvalue weighted by atomic mass is 19.1. The molecule has 0 spiro atoms. The average molecular weight is 458 g/mol. The van der Waals surface area contributed by atoms with Crippen molar-refractivity contribution in [1.29, 1.82) is 0 Å². The molecule has 0 fully saturated rings. The van der Waals surface area contributed by atoms with E-state index in [-0.39, 0.29) is 12.5 Å². The second-order valence-corrected chi connectivity index (χ2v) is 7.53. The minimum Gasteiger partial charge on any atom is -0.315 e. The third-order valence-electron chi connectivity index (χ3n) is 5.13. The fourth-order valence-corrected chi connectivity index (χ4v) is 3.44. The van der Waals surface area contributed by atoms with Gasteiger partial charge in [0.25, 0.3) is 0 Å². The Morgan fingerprint density at radius 1 is 0.912 bits per heavy atom. The number of rotatable bonds is 7. The Morgan fingerprint density at radius 3 is 2.29 bits per heavy atom.